The lowest BCUT2D eigenvalue weighted by Gasteiger charge is -2.30. The Labute approximate surface area is 633 Å². The summed E-state index contributed by atoms with van der Waals surface area (Å²) in [5.41, 5.74) is 27.4. The number of carboxylic acid groups (broad SMARTS) is 1. The summed E-state index contributed by atoms with van der Waals surface area (Å²) in [5.74, 6) is -17.2. The van der Waals surface area contributed by atoms with Crippen molar-refractivity contribution in [1.82, 2.24) is 52.4 Å². The first kappa shape index (κ1) is 84.6. The number of amides is 10. The molecule has 0 radical (unpaired) electrons. The number of amidine groups is 1. The van der Waals surface area contributed by atoms with Crippen LogP contribution in [-0.4, -0.2) is 207 Å². The largest absolute Gasteiger partial charge is 0.481 e. The van der Waals surface area contributed by atoms with Crippen molar-refractivity contribution in [2.75, 3.05) is 37.8 Å². The molecule has 0 spiro atoms. The topological polar surface area (TPSA) is 544 Å². The number of ketones is 2. The molecule has 7 rings (SSSR count). The number of aliphatic hydroxyl groups is 1. The van der Waals surface area contributed by atoms with E-state index in [9.17, 15) is 77.3 Å². The number of rotatable bonds is 32. The number of guanidine groups is 1. The van der Waals surface area contributed by atoms with Gasteiger partial charge in [0, 0.05) is 67.4 Å². The average Bonchev–Trinajstić information content (AvgIpc) is 1.62. The van der Waals surface area contributed by atoms with Gasteiger partial charge in [-0.1, -0.05) is 85.3 Å². The zero-order valence-electron chi connectivity index (χ0n) is 59.8. The molecule has 108 heavy (non-hydrogen) atoms. The van der Waals surface area contributed by atoms with E-state index in [1.165, 1.54) is 19.1 Å². The molecular weight excluding hydrogens is 1440 g/mol. The molecule has 4 aromatic rings. The molecule has 1 aliphatic carbocycles. The van der Waals surface area contributed by atoms with E-state index in [1.54, 1.807) is 24.3 Å². The minimum absolute atomic E-state index is 0.00156. The summed E-state index contributed by atoms with van der Waals surface area (Å²) in [6, 6.07) is 10.5. The molecule has 3 aliphatic rings. The number of esters is 1. The van der Waals surface area contributed by atoms with Gasteiger partial charge in [0.05, 0.1) is 49.2 Å². The normalized spacial score (nSPS) is 20.9. The average molecular weight is 1530 g/mol. The molecule has 20 N–H and O–H groups in total. The predicted molar refractivity (Wildman–Crippen MR) is 403 cm³/mol. The molecule has 1 unspecified atom stereocenters. The number of hydrogen-bond acceptors (Lipinski definition) is 20. The maximum atomic E-state index is 14.9. The number of aliphatic carboxylic acids is 1. The molecule has 3 aromatic carbocycles. The SMILES string of the molecule is C[C@H](NC(=O)[C@@H]1C/C=C/C[C@H](NC(=O)CCC(=O)OCC2c3ccccc3-c3ccccc32)C(=O)C[C@@H](CS)C(=O)N[C@@H](CO)C(=O)N[C@@H](CC(=O)O)C(=O)N2CCCC2C(=O)N[C@@H](CCCN=C(N)N)C(=O)N1)C(=O)C[C@@H](Cc1cc2ccccc2[nH]1)C(=O)N[C@@H](CCCCC(=N)N)C(=O)N[C@@H](CS)C(N)=O. The number of unbranched alkanes of at least 4 members (excludes halogenated alkanes) is 1. The lowest BCUT2D eigenvalue weighted by molar-refractivity contribution is -0.146. The maximum Gasteiger partial charge on any atom is 0.306 e. The Hall–Kier alpha value is -10.7. The van der Waals surface area contributed by atoms with Crippen LogP contribution in [0.2, 0.25) is 0 Å². The van der Waals surface area contributed by atoms with Crippen molar-refractivity contribution in [2.24, 2.45) is 39.8 Å². The van der Waals surface area contributed by atoms with Gasteiger partial charge in [-0.15, -0.1) is 0 Å². The zero-order valence-corrected chi connectivity index (χ0v) is 61.6. The van der Waals surface area contributed by atoms with E-state index in [-0.39, 0.29) is 107 Å². The lowest BCUT2D eigenvalue weighted by atomic mass is 9.92. The van der Waals surface area contributed by atoms with Crippen LogP contribution in [0, 0.1) is 17.2 Å². The molecule has 33 nitrogen and oxygen atoms in total. The van der Waals surface area contributed by atoms with Crippen LogP contribution in [0.3, 0.4) is 0 Å². The van der Waals surface area contributed by atoms with Gasteiger partial charge in [-0.2, -0.15) is 25.3 Å². The van der Waals surface area contributed by atoms with Gasteiger partial charge in [0.2, 0.25) is 59.1 Å². The first-order valence-corrected chi connectivity index (χ1v) is 36.9. The number of H-pyrrole nitrogens is 1. The zero-order chi connectivity index (χ0) is 78.7. The number of ether oxygens (including phenoxy) is 1. The Kier molecular flexibility index (Phi) is 32.5. The summed E-state index contributed by atoms with van der Waals surface area (Å²) in [6.07, 6.45) is -0.671. The minimum Gasteiger partial charge on any atom is -0.481 e. The van der Waals surface area contributed by atoms with E-state index in [2.05, 4.69) is 77.8 Å². The summed E-state index contributed by atoms with van der Waals surface area (Å²) in [4.78, 5) is 204. The van der Waals surface area contributed by atoms with Gasteiger partial charge in [-0.3, -0.25) is 77.5 Å². The van der Waals surface area contributed by atoms with E-state index in [4.69, 9.17) is 33.1 Å². The number of Topliss-reactive ketones (excluding diaryl/α,β-unsaturated/α-hetero) is 2. The van der Waals surface area contributed by atoms with Crippen LogP contribution in [0.15, 0.2) is 96.0 Å². The standard InChI is InChI=1S/C73H96N16O17S2/c1-39(58(91)32-41(31-43-30-40-14-2-7-19-49(40)81-43)65(98)83-52(22-10-11-25-60(74)75)69(102)88-56(38-108)64(76)97)80-67(100)51-21-9-8-20-50(82-61(93)26-27-63(96)106-36-48-46-17-5-3-15-44(46)45-16-4-6-18-47(45)48)59(92)33-42(37-107)66(99)87-55(35-90)70(103)86-54(34-62(94)95)72(105)89-29-13-24-57(89)71(104)85-53(68(101)84-51)23-12-28-79-73(77)78/h2-9,14-19,30,39,41-42,48,50-57,81,90,107-108H,10-13,20-29,31-38H2,1H3,(H3,74,75)(H2,76,97)(H,80,100)(H,82,93)(H,83,98)(H,84,101)(H,85,104)(H,86,103)(H,87,99)(H,88,102)(H,94,95)(H4,77,78,79)/b9-8+/t39-,41+,42-,50-,51-,52-,53-,54-,55-,56-,57?/m0/s1. The second-order valence-electron chi connectivity index (χ2n) is 26.8. The summed E-state index contributed by atoms with van der Waals surface area (Å²) in [6.45, 7) is -0.0320. The van der Waals surface area contributed by atoms with E-state index >= 15 is 0 Å². The predicted octanol–water partition coefficient (Wildman–Crippen LogP) is -0.402. The highest BCUT2D eigenvalue weighted by molar-refractivity contribution is 7.80. The summed E-state index contributed by atoms with van der Waals surface area (Å²) in [7, 11) is 0. The molecular formula is C73H96N16O17S2. The molecule has 2 aliphatic heterocycles. The van der Waals surface area contributed by atoms with Crippen LogP contribution in [0.1, 0.15) is 126 Å². The Balaban J connectivity index is 1.20. The lowest BCUT2D eigenvalue weighted by Crippen LogP contribution is -2.59. The Morgan fingerprint density at radius 1 is 0.741 bits per heavy atom. The van der Waals surface area contributed by atoms with Crippen molar-refractivity contribution >= 4 is 131 Å². The Morgan fingerprint density at radius 3 is 2.04 bits per heavy atom. The van der Waals surface area contributed by atoms with Crippen molar-refractivity contribution in [2.45, 2.75) is 170 Å². The molecule has 3 heterocycles. The number of aliphatic hydroxyl groups excluding tert-OH is 1. The number of fused-ring (bicyclic) bond motifs is 5. The fourth-order valence-electron chi connectivity index (χ4n) is 13.0. The molecule has 0 saturated carbocycles. The molecule has 1 saturated heterocycles. The number of nitrogens with two attached hydrogens (primary N) is 4. The summed E-state index contributed by atoms with van der Waals surface area (Å²) < 4.78 is 5.72. The van der Waals surface area contributed by atoms with Crippen molar-refractivity contribution < 1.29 is 82.1 Å². The maximum absolute atomic E-state index is 14.9. The number of nitrogens with zero attached hydrogens (tertiary/aromatic N) is 2. The van der Waals surface area contributed by atoms with E-state index in [0.29, 0.717) is 17.6 Å². The highest BCUT2D eigenvalue weighted by Gasteiger charge is 2.42. The number of nitrogens with one attached hydrogen (secondary N) is 10. The van der Waals surface area contributed by atoms with Crippen molar-refractivity contribution in [3.05, 3.63) is 108 Å². The van der Waals surface area contributed by atoms with Gasteiger partial charge in [-0.05, 0) is 104 Å². The highest BCUT2D eigenvalue weighted by atomic mass is 32.1. The number of carbonyl (C=O) groups is 14. The van der Waals surface area contributed by atoms with Crippen LogP contribution in [0.5, 0.6) is 0 Å². The Bertz CT molecular complexity index is 3960. The number of hydrogen-bond donors (Lipinski definition) is 18. The number of benzene rings is 3. The number of para-hydroxylation sites is 1. The van der Waals surface area contributed by atoms with Crippen LogP contribution in [0.4, 0.5) is 0 Å². The van der Waals surface area contributed by atoms with E-state index in [1.807, 2.05) is 54.6 Å². The molecule has 582 valence electrons. The van der Waals surface area contributed by atoms with Crippen LogP contribution < -0.4 is 65.5 Å². The number of primary amides is 1. The number of carbonyl (C=O) groups excluding carboxylic acids is 13. The van der Waals surface area contributed by atoms with Crippen molar-refractivity contribution in [3.63, 3.8) is 0 Å². The number of aromatic amines is 1. The van der Waals surface area contributed by atoms with Gasteiger partial charge >= 0.3 is 11.9 Å². The van der Waals surface area contributed by atoms with Gasteiger partial charge in [0.1, 0.15) is 48.9 Å². The highest BCUT2D eigenvalue weighted by Crippen LogP contribution is 2.44. The van der Waals surface area contributed by atoms with Crippen LogP contribution >= 0.6 is 25.3 Å². The fraction of sp³-hybridized carbons (Fsp3) is 0.479. The third-order valence-electron chi connectivity index (χ3n) is 18.8. The number of thiol groups is 2. The first-order chi connectivity index (χ1) is 51.6. The minimum atomic E-state index is -1.90. The van der Waals surface area contributed by atoms with Crippen LogP contribution in [-0.2, 0) is 78.3 Å². The number of aromatic nitrogens is 1. The smallest absolute Gasteiger partial charge is 0.306 e. The van der Waals surface area contributed by atoms with Gasteiger partial charge in [0.25, 0.3) is 0 Å². The quantitative estimate of drug-likeness (QED) is 0.00738. The summed E-state index contributed by atoms with van der Waals surface area (Å²) in [5, 5.41) is 49.2. The number of aliphatic imine (C=N–C) groups is 1. The third kappa shape index (κ3) is 24.7. The van der Waals surface area contributed by atoms with Gasteiger partial charge in [-0.25, -0.2) is 0 Å². The van der Waals surface area contributed by atoms with E-state index < -0.39 is 194 Å². The van der Waals surface area contributed by atoms with Gasteiger partial charge in [0.15, 0.2) is 17.5 Å². The molecule has 35 heteroatoms. The Morgan fingerprint density at radius 2 is 1.39 bits per heavy atom. The second-order valence-corrected chi connectivity index (χ2v) is 27.6. The van der Waals surface area contributed by atoms with Gasteiger partial charge < -0.3 is 90.3 Å². The van der Waals surface area contributed by atoms with Crippen molar-refractivity contribution in [3.8, 4) is 11.1 Å². The fourth-order valence-corrected chi connectivity index (χ4v) is 13.6. The molecule has 0 bridgehead atoms. The molecule has 1 fully saturated rings. The molecule has 10 amide bonds. The van der Waals surface area contributed by atoms with Crippen molar-refractivity contribution in [1.29, 1.82) is 5.41 Å². The number of carboxylic acids is 1. The molecule has 1 aromatic heterocycles. The molecule has 11 atom stereocenters. The third-order valence-corrected chi connectivity index (χ3v) is 19.6. The monoisotopic (exact) mass is 1530 g/mol. The van der Waals surface area contributed by atoms with E-state index in [0.717, 1.165) is 32.5 Å². The first-order valence-electron chi connectivity index (χ1n) is 35.6. The second kappa shape index (κ2) is 41.4. The van der Waals surface area contributed by atoms with Crippen LogP contribution in [0.25, 0.3) is 22.0 Å². The summed E-state index contributed by atoms with van der Waals surface area (Å²) >= 11 is 8.44.